The number of nitrogens with zero attached hydrogens (tertiary/aromatic N) is 2. The van der Waals surface area contributed by atoms with Crippen molar-refractivity contribution in [2.24, 2.45) is 0 Å². The van der Waals surface area contributed by atoms with Gasteiger partial charge >= 0.3 is 0 Å². The summed E-state index contributed by atoms with van der Waals surface area (Å²) in [5.74, 6) is 0. The van der Waals surface area contributed by atoms with Gasteiger partial charge in [0.15, 0.2) is 0 Å². The van der Waals surface area contributed by atoms with Crippen LogP contribution in [0.3, 0.4) is 0 Å². The lowest BCUT2D eigenvalue weighted by Gasteiger charge is -2.37. The zero-order valence-electron chi connectivity index (χ0n) is 9.05. The molecule has 0 atom stereocenters. The van der Waals surface area contributed by atoms with E-state index in [9.17, 15) is 5.11 Å². The predicted molar refractivity (Wildman–Crippen MR) is 59.2 cm³/mol. The molecule has 4 nitrogen and oxygen atoms in total. The third-order valence-corrected chi connectivity index (χ3v) is 3.35. The summed E-state index contributed by atoms with van der Waals surface area (Å²) < 4.78 is 1.87. The van der Waals surface area contributed by atoms with Crippen molar-refractivity contribution >= 4 is 11.6 Å². The van der Waals surface area contributed by atoms with Crippen molar-refractivity contribution in [2.45, 2.75) is 32.4 Å². The van der Waals surface area contributed by atoms with E-state index < -0.39 is 5.60 Å². The quantitative estimate of drug-likeness (QED) is 0.804. The van der Waals surface area contributed by atoms with Gasteiger partial charge in [0.05, 0.1) is 22.0 Å². The van der Waals surface area contributed by atoms with Gasteiger partial charge in [-0.1, -0.05) is 11.6 Å². The molecule has 0 aliphatic carbocycles. The average molecular weight is 230 g/mol. The Morgan fingerprint density at radius 1 is 1.60 bits per heavy atom. The van der Waals surface area contributed by atoms with Crippen LogP contribution in [0.15, 0.2) is 0 Å². The summed E-state index contributed by atoms with van der Waals surface area (Å²) in [6.07, 6.45) is 0.577. The lowest BCUT2D eigenvalue weighted by molar-refractivity contribution is -0.0106. The molecule has 0 radical (unpaired) electrons. The van der Waals surface area contributed by atoms with E-state index in [0.717, 1.165) is 17.9 Å². The summed E-state index contributed by atoms with van der Waals surface area (Å²) in [6.45, 7) is 5.97. The molecule has 0 amide bonds. The molecule has 0 unspecified atom stereocenters. The Morgan fingerprint density at radius 3 is 2.73 bits per heavy atom. The van der Waals surface area contributed by atoms with Gasteiger partial charge < -0.3 is 10.4 Å². The van der Waals surface area contributed by atoms with Crippen LogP contribution in [0.2, 0.25) is 5.02 Å². The molecule has 1 aromatic rings. The highest BCUT2D eigenvalue weighted by molar-refractivity contribution is 6.31. The second-order valence-electron chi connectivity index (χ2n) is 4.17. The number of hydrogen-bond donors (Lipinski definition) is 2. The third-order valence-electron chi connectivity index (χ3n) is 2.86. The molecule has 1 aliphatic heterocycles. The van der Waals surface area contributed by atoms with Crippen molar-refractivity contribution < 1.29 is 5.11 Å². The predicted octanol–water partition coefficient (Wildman–Crippen LogP) is 0.742. The number of β-amino-alcohol motifs (C(OH)–C–C–N with tert-alkyl or cyclic N) is 1. The lowest BCUT2D eigenvalue weighted by atomic mass is 9.91. The Labute approximate surface area is 94.2 Å². The highest BCUT2D eigenvalue weighted by Gasteiger charge is 2.36. The highest BCUT2D eigenvalue weighted by atomic mass is 35.5. The molecule has 1 aromatic heterocycles. The van der Waals surface area contributed by atoms with Crippen molar-refractivity contribution in [3.05, 3.63) is 16.4 Å². The highest BCUT2D eigenvalue weighted by Crippen LogP contribution is 2.26. The first-order valence-electron chi connectivity index (χ1n) is 5.20. The number of aryl methyl sites for hydroxylation is 2. The molecule has 0 aromatic carbocycles. The SMILES string of the molecule is CCn1nc(C)c(Cl)c1CC1(O)CNC1. The molecule has 2 heterocycles. The number of aliphatic hydroxyl groups is 1. The van der Waals surface area contributed by atoms with Gasteiger partial charge in [-0.25, -0.2) is 0 Å². The fourth-order valence-corrected chi connectivity index (χ4v) is 2.09. The van der Waals surface area contributed by atoms with Crippen molar-refractivity contribution in [3.8, 4) is 0 Å². The Kier molecular flexibility index (Phi) is 2.75. The number of rotatable bonds is 3. The minimum Gasteiger partial charge on any atom is -0.387 e. The van der Waals surface area contributed by atoms with Crippen LogP contribution in [-0.2, 0) is 13.0 Å². The van der Waals surface area contributed by atoms with E-state index in [-0.39, 0.29) is 0 Å². The van der Waals surface area contributed by atoms with Crippen LogP contribution in [0.25, 0.3) is 0 Å². The van der Waals surface area contributed by atoms with Crippen LogP contribution in [-0.4, -0.2) is 33.6 Å². The van der Waals surface area contributed by atoms with Crippen LogP contribution >= 0.6 is 11.6 Å². The van der Waals surface area contributed by atoms with Gasteiger partial charge in [-0.2, -0.15) is 5.10 Å². The van der Waals surface area contributed by atoms with Gasteiger partial charge in [0.25, 0.3) is 0 Å². The second-order valence-corrected chi connectivity index (χ2v) is 4.54. The van der Waals surface area contributed by atoms with Gasteiger partial charge in [-0.3, -0.25) is 4.68 Å². The van der Waals surface area contributed by atoms with Gasteiger partial charge in [0.1, 0.15) is 0 Å². The first-order chi connectivity index (χ1) is 7.06. The molecule has 1 aliphatic rings. The summed E-state index contributed by atoms with van der Waals surface area (Å²) in [4.78, 5) is 0. The Morgan fingerprint density at radius 2 is 2.27 bits per heavy atom. The van der Waals surface area contributed by atoms with E-state index in [1.165, 1.54) is 0 Å². The molecule has 84 valence electrons. The minimum absolute atomic E-state index is 0.577. The van der Waals surface area contributed by atoms with Crippen LogP contribution in [0.1, 0.15) is 18.3 Å². The van der Waals surface area contributed by atoms with Crippen molar-refractivity contribution in [2.75, 3.05) is 13.1 Å². The maximum Gasteiger partial charge on any atom is 0.0950 e. The zero-order valence-corrected chi connectivity index (χ0v) is 9.80. The van der Waals surface area contributed by atoms with E-state index in [2.05, 4.69) is 10.4 Å². The first kappa shape index (κ1) is 10.9. The zero-order chi connectivity index (χ0) is 11.1. The van der Waals surface area contributed by atoms with E-state index in [0.29, 0.717) is 24.5 Å². The van der Waals surface area contributed by atoms with Crippen LogP contribution in [0.4, 0.5) is 0 Å². The Hall–Kier alpha value is -0.580. The van der Waals surface area contributed by atoms with E-state index >= 15 is 0 Å². The normalized spacial score (nSPS) is 18.9. The van der Waals surface area contributed by atoms with Gasteiger partial charge in [-0.15, -0.1) is 0 Å². The van der Waals surface area contributed by atoms with Gasteiger partial charge in [0.2, 0.25) is 0 Å². The van der Waals surface area contributed by atoms with E-state index in [1.807, 2.05) is 18.5 Å². The maximum absolute atomic E-state index is 10.1. The molecular weight excluding hydrogens is 214 g/mol. The number of aromatic nitrogens is 2. The molecule has 1 fully saturated rings. The molecular formula is C10H16ClN3O. The largest absolute Gasteiger partial charge is 0.387 e. The third kappa shape index (κ3) is 1.89. The van der Waals surface area contributed by atoms with Crippen molar-refractivity contribution in [1.29, 1.82) is 0 Å². The summed E-state index contributed by atoms with van der Waals surface area (Å²) in [5, 5.41) is 18.1. The molecule has 0 saturated carbocycles. The minimum atomic E-state index is -0.636. The summed E-state index contributed by atoms with van der Waals surface area (Å²) >= 11 is 6.16. The fraction of sp³-hybridized carbons (Fsp3) is 0.700. The molecule has 1 saturated heterocycles. The standard InChI is InChI=1S/C10H16ClN3O/c1-3-14-8(9(11)7(2)13-14)4-10(15)5-12-6-10/h12,15H,3-6H2,1-2H3. The number of halogens is 1. The van der Waals surface area contributed by atoms with Crippen LogP contribution in [0.5, 0.6) is 0 Å². The summed E-state index contributed by atoms with van der Waals surface area (Å²) in [5.41, 5.74) is 1.15. The molecule has 5 heteroatoms. The number of hydrogen-bond acceptors (Lipinski definition) is 3. The first-order valence-corrected chi connectivity index (χ1v) is 5.58. The van der Waals surface area contributed by atoms with Crippen molar-refractivity contribution in [1.82, 2.24) is 15.1 Å². The lowest BCUT2D eigenvalue weighted by Crippen LogP contribution is -2.60. The Balaban J connectivity index is 2.26. The van der Waals surface area contributed by atoms with Crippen LogP contribution < -0.4 is 5.32 Å². The maximum atomic E-state index is 10.1. The topological polar surface area (TPSA) is 50.1 Å². The van der Waals surface area contributed by atoms with E-state index in [4.69, 9.17) is 11.6 Å². The molecule has 15 heavy (non-hydrogen) atoms. The monoisotopic (exact) mass is 229 g/mol. The molecule has 0 bridgehead atoms. The smallest absolute Gasteiger partial charge is 0.0950 e. The van der Waals surface area contributed by atoms with Gasteiger partial charge in [0, 0.05) is 26.1 Å². The summed E-state index contributed by atoms with van der Waals surface area (Å²) in [7, 11) is 0. The van der Waals surface area contributed by atoms with Crippen molar-refractivity contribution in [3.63, 3.8) is 0 Å². The van der Waals surface area contributed by atoms with E-state index in [1.54, 1.807) is 0 Å². The molecule has 0 spiro atoms. The van der Waals surface area contributed by atoms with Crippen LogP contribution in [0, 0.1) is 6.92 Å². The average Bonchev–Trinajstić information content (AvgIpc) is 2.43. The number of nitrogens with one attached hydrogen (secondary N) is 1. The second kappa shape index (κ2) is 3.77. The molecule has 2 rings (SSSR count). The fourth-order valence-electron chi connectivity index (χ4n) is 1.89. The summed E-state index contributed by atoms with van der Waals surface area (Å²) in [6, 6.07) is 0. The van der Waals surface area contributed by atoms with Gasteiger partial charge in [-0.05, 0) is 13.8 Å². The molecule has 2 N–H and O–H groups in total. The Bertz CT molecular complexity index is 371.